The molecule has 0 unspecified atom stereocenters. The normalized spacial score (nSPS) is 10.2. The van der Waals surface area contributed by atoms with Crippen LogP contribution in [-0.4, -0.2) is 36.9 Å². The van der Waals surface area contributed by atoms with Gasteiger partial charge >= 0.3 is 11.9 Å². The first-order valence-electron chi connectivity index (χ1n) is 11.2. The largest absolute Gasteiger partial charge is 0.494 e. The molecule has 0 spiro atoms. The first kappa shape index (κ1) is 27.7. The minimum absolute atomic E-state index is 0.0874. The van der Waals surface area contributed by atoms with Gasteiger partial charge in [-0.1, -0.05) is 13.2 Å². The Balaban J connectivity index is 1.68. The molecule has 2 aromatic rings. The molecule has 186 valence electrons. The molecule has 0 aliphatic heterocycles. The van der Waals surface area contributed by atoms with E-state index in [1.54, 1.807) is 31.2 Å². The van der Waals surface area contributed by atoms with Gasteiger partial charge in [-0.15, -0.1) is 0 Å². The zero-order valence-corrected chi connectivity index (χ0v) is 20.6. The Kier molecular flexibility index (Phi) is 12.2. The Bertz CT molecular complexity index is 997. The van der Waals surface area contributed by atoms with Crippen molar-refractivity contribution in [2.75, 3.05) is 19.8 Å². The SMILES string of the molecule is C=COC(=O)CCCCCOc1ccc(SC(=O)c2ccc(OCCOC(=O)C(=C)C)cc2)cc1. The van der Waals surface area contributed by atoms with E-state index in [0.29, 0.717) is 29.9 Å². The van der Waals surface area contributed by atoms with Crippen LogP contribution in [0, 0.1) is 0 Å². The molecule has 0 aromatic heterocycles. The van der Waals surface area contributed by atoms with Crippen molar-refractivity contribution < 1.29 is 33.3 Å². The van der Waals surface area contributed by atoms with Crippen molar-refractivity contribution in [2.45, 2.75) is 37.5 Å². The van der Waals surface area contributed by atoms with Gasteiger partial charge in [-0.05, 0) is 86.5 Å². The second kappa shape index (κ2) is 15.4. The summed E-state index contributed by atoms with van der Waals surface area (Å²) in [5.41, 5.74) is 0.887. The van der Waals surface area contributed by atoms with Gasteiger partial charge in [0.15, 0.2) is 0 Å². The second-order valence-electron chi connectivity index (χ2n) is 7.47. The van der Waals surface area contributed by atoms with Crippen LogP contribution in [-0.2, 0) is 19.1 Å². The lowest BCUT2D eigenvalue weighted by Gasteiger charge is -2.08. The molecule has 2 rings (SSSR count). The first-order valence-corrected chi connectivity index (χ1v) is 12.0. The third kappa shape index (κ3) is 11.0. The van der Waals surface area contributed by atoms with E-state index >= 15 is 0 Å². The van der Waals surface area contributed by atoms with Gasteiger partial charge in [0.1, 0.15) is 24.7 Å². The van der Waals surface area contributed by atoms with Crippen LogP contribution < -0.4 is 9.47 Å². The Labute approximate surface area is 210 Å². The third-order valence-electron chi connectivity index (χ3n) is 4.57. The molecule has 2 aromatic carbocycles. The van der Waals surface area contributed by atoms with Crippen LogP contribution in [0.2, 0.25) is 0 Å². The monoisotopic (exact) mass is 498 g/mol. The predicted molar refractivity (Wildman–Crippen MR) is 135 cm³/mol. The molecule has 0 aliphatic carbocycles. The fourth-order valence-electron chi connectivity index (χ4n) is 2.76. The summed E-state index contributed by atoms with van der Waals surface area (Å²) >= 11 is 1.13. The highest BCUT2D eigenvalue weighted by molar-refractivity contribution is 8.14. The Morgan fingerprint density at radius 3 is 2.11 bits per heavy atom. The van der Waals surface area contributed by atoms with E-state index in [2.05, 4.69) is 17.9 Å². The summed E-state index contributed by atoms with van der Waals surface area (Å²) in [5, 5.41) is -0.0874. The van der Waals surface area contributed by atoms with E-state index in [0.717, 1.165) is 47.9 Å². The minimum Gasteiger partial charge on any atom is -0.494 e. The van der Waals surface area contributed by atoms with Crippen LogP contribution in [0.3, 0.4) is 0 Å². The first-order chi connectivity index (χ1) is 16.9. The molecule has 0 heterocycles. The van der Waals surface area contributed by atoms with Crippen molar-refractivity contribution in [3.8, 4) is 11.5 Å². The summed E-state index contributed by atoms with van der Waals surface area (Å²) in [6.45, 7) is 9.32. The number of hydrogen-bond donors (Lipinski definition) is 0. The van der Waals surface area contributed by atoms with Crippen LogP contribution in [0.25, 0.3) is 0 Å². The van der Waals surface area contributed by atoms with Gasteiger partial charge in [-0.2, -0.15) is 0 Å². The summed E-state index contributed by atoms with van der Waals surface area (Å²) in [7, 11) is 0. The zero-order valence-electron chi connectivity index (χ0n) is 19.8. The van der Waals surface area contributed by atoms with E-state index in [1.165, 1.54) is 0 Å². The van der Waals surface area contributed by atoms with Crippen molar-refractivity contribution in [2.24, 2.45) is 0 Å². The molecular formula is C27H30O7S. The summed E-state index contributed by atoms with van der Waals surface area (Å²) in [4.78, 5) is 35.9. The van der Waals surface area contributed by atoms with Gasteiger partial charge in [0.05, 0.1) is 12.9 Å². The highest BCUT2D eigenvalue weighted by atomic mass is 32.2. The molecule has 7 nitrogen and oxygen atoms in total. The predicted octanol–water partition coefficient (Wildman–Crippen LogP) is 5.74. The molecule has 0 bridgehead atoms. The average molecular weight is 499 g/mol. The Morgan fingerprint density at radius 1 is 0.857 bits per heavy atom. The summed E-state index contributed by atoms with van der Waals surface area (Å²) in [5.74, 6) is 0.581. The number of thioether (sulfide) groups is 1. The molecule has 0 N–H and O–H groups in total. The maximum absolute atomic E-state index is 12.6. The molecule has 0 radical (unpaired) electrons. The van der Waals surface area contributed by atoms with Crippen molar-refractivity contribution in [1.82, 2.24) is 0 Å². The van der Waals surface area contributed by atoms with E-state index in [-0.39, 0.29) is 24.3 Å². The van der Waals surface area contributed by atoms with E-state index in [1.807, 2.05) is 24.3 Å². The molecule has 0 amide bonds. The van der Waals surface area contributed by atoms with Gasteiger partial charge < -0.3 is 18.9 Å². The number of ether oxygens (including phenoxy) is 4. The van der Waals surface area contributed by atoms with Crippen molar-refractivity contribution in [1.29, 1.82) is 0 Å². The topological polar surface area (TPSA) is 88.1 Å². The van der Waals surface area contributed by atoms with E-state index < -0.39 is 5.97 Å². The highest BCUT2D eigenvalue weighted by Crippen LogP contribution is 2.26. The highest BCUT2D eigenvalue weighted by Gasteiger charge is 2.09. The molecule has 0 saturated carbocycles. The van der Waals surface area contributed by atoms with Gasteiger partial charge in [-0.3, -0.25) is 9.59 Å². The maximum Gasteiger partial charge on any atom is 0.333 e. The van der Waals surface area contributed by atoms with Crippen molar-refractivity contribution in [3.05, 3.63) is 79.1 Å². The van der Waals surface area contributed by atoms with Crippen LogP contribution in [0.1, 0.15) is 43.0 Å². The smallest absolute Gasteiger partial charge is 0.333 e. The maximum atomic E-state index is 12.6. The lowest BCUT2D eigenvalue weighted by Crippen LogP contribution is -2.12. The number of carbonyl (C=O) groups is 3. The third-order valence-corrected chi connectivity index (χ3v) is 5.50. The molecule has 0 aliphatic rings. The molecule has 0 saturated heterocycles. The summed E-state index contributed by atoms with van der Waals surface area (Å²) in [6, 6.07) is 14.1. The van der Waals surface area contributed by atoms with E-state index in [9.17, 15) is 14.4 Å². The lowest BCUT2D eigenvalue weighted by molar-refractivity contribution is -0.140. The number of hydrogen-bond acceptors (Lipinski definition) is 8. The van der Waals surface area contributed by atoms with E-state index in [4.69, 9.17) is 14.2 Å². The molecule has 8 heteroatoms. The molecular weight excluding hydrogens is 468 g/mol. The standard InChI is InChI=1S/C27H30O7S/c1-4-31-25(28)8-6-5-7-17-32-23-13-15-24(16-14-23)35-27(30)21-9-11-22(12-10-21)33-18-19-34-26(29)20(2)3/h4,9-16H,1-2,5-8,17-19H2,3H3. The zero-order chi connectivity index (χ0) is 25.5. The van der Waals surface area contributed by atoms with Gasteiger partial charge in [-0.25, -0.2) is 4.79 Å². The Hall–Kier alpha value is -3.52. The van der Waals surface area contributed by atoms with Crippen LogP contribution in [0.4, 0.5) is 0 Å². The quantitative estimate of drug-likeness (QED) is 0.101. The number of unbranched alkanes of at least 4 members (excludes halogenated alkanes) is 2. The average Bonchev–Trinajstić information content (AvgIpc) is 2.85. The number of rotatable bonds is 15. The molecule has 0 atom stereocenters. The summed E-state index contributed by atoms with van der Waals surface area (Å²) < 4.78 is 20.9. The number of benzene rings is 2. The van der Waals surface area contributed by atoms with Crippen molar-refractivity contribution in [3.63, 3.8) is 0 Å². The van der Waals surface area contributed by atoms with Gasteiger partial charge in [0.25, 0.3) is 0 Å². The van der Waals surface area contributed by atoms with Gasteiger partial charge in [0, 0.05) is 22.5 Å². The second-order valence-corrected chi connectivity index (χ2v) is 8.51. The number of esters is 2. The van der Waals surface area contributed by atoms with Crippen LogP contribution in [0.15, 0.2) is 78.4 Å². The number of carbonyl (C=O) groups excluding carboxylic acids is 3. The van der Waals surface area contributed by atoms with Crippen LogP contribution >= 0.6 is 11.8 Å². The fourth-order valence-corrected chi connectivity index (χ4v) is 3.50. The molecule has 0 fully saturated rings. The van der Waals surface area contributed by atoms with Gasteiger partial charge in [0.2, 0.25) is 5.12 Å². The minimum atomic E-state index is -0.452. The van der Waals surface area contributed by atoms with Crippen LogP contribution in [0.5, 0.6) is 11.5 Å². The lowest BCUT2D eigenvalue weighted by atomic mass is 10.2. The molecule has 35 heavy (non-hydrogen) atoms. The fraction of sp³-hybridized carbons (Fsp3) is 0.296. The van der Waals surface area contributed by atoms with Crippen molar-refractivity contribution >= 4 is 28.8 Å². The Morgan fingerprint density at radius 2 is 1.49 bits per heavy atom. The summed E-state index contributed by atoms with van der Waals surface area (Å²) in [6.07, 6.45) is 3.94.